The number of nitrogens with one attached hydrogen (secondary N) is 1. The predicted octanol–water partition coefficient (Wildman–Crippen LogP) is 5.46. The summed E-state index contributed by atoms with van der Waals surface area (Å²) in [6, 6.07) is 17.6. The number of amidine groups is 1. The number of benzene rings is 3. The van der Waals surface area contributed by atoms with Crippen LogP contribution in [0.5, 0.6) is 17.2 Å². The van der Waals surface area contributed by atoms with E-state index in [1.54, 1.807) is 12.1 Å². The summed E-state index contributed by atoms with van der Waals surface area (Å²) in [5.74, 6) is 2.26. The summed E-state index contributed by atoms with van der Waals surface area (Å²) in [5.41, 5.74) is 6.81. The molecule has 7 heteroatoms. The molecule has 1 aliphatic rings. The Morgan fingerprint density at radius 1 is 0.758 bits per heavy atom. The molecule has 1 aliphatic heterocycles. The minimum atomic E-state index is -0.309. The van der Waals surface area contributed by atoms with Crippen molar-refractivity contribution in [1.29, 1.82) is 0 Å². The summed E-state index contributed by atoms with van der Waals surface area (Å²) < 4.78 is 30.7. The Morgan fingerprint density at radius 2 is 1.45 bits per heavy atom. The molecule has 0 saturated carbocycles. The predicted molar refractivity (Wildman–Crippen MR) is 128 cm³/mol. The minimum absolute atomic E-state index is 0.309. The van der Waals surface area contributed by atoms with Gasteiger partial charge in [-0.25, -0.2) is 9.38 Å². The average Bonchev–Trinajstić information content (AvgIpc) is 3.01. The number of hydrazone groups is 1. The van der Waals surface area contributed by atoms with E-state index < -0.39 is 0 Å². The minimum Gasteiger partial charge on any atom is -0.494 e. The third kappa shape index (κ3) is 4.98. The van der Waals surface area contributed by atoms with Gasteiger partial charge in [0, 0.05) is 16.7 Å². The second-order valence-electron chi connectivity index (χ2n) is 7.18. The number of fused-ring (bicyclic) bond motifs is 1. The van der Waals surface area contributed by atoms with Gasteiger partial charge in [0.05, 0.1) is 25.5 Å². The molecule has 0 atom stereocenters. The topological polar surface area (TPSA) is 64.4 Å². The van der Waals surface area contributed by atoms with Gasteiger partial charge in [0.15, 0.2) is 17.3 Å². The van der Waals surface area contributed by atoms with E-state index in [0.29, 0.717) is 48.6 Å². The number of ether oxygens (including phenoxy) is 3. The van der Waals surface area contributed by atoms with Crippen LogP contribution in [0.3, 0.4) is 0 Å². The van der Waals surface area contributed by atoms with E-state index in [0.717, 1.165) is 22.4 Å². The number of hydrogen-bond acceptors (Lipinski definition) is 6. The fourth-order valence-corrected chi connectivity index (χ4v) is 3.53. The first-order valence-electron chi connectivity index (χ1n) is 11.0. The number of nitrogens with zero attached hydrogens (tertiary/aromatic N) is 2. The van der Waals surface area contributed by atoms with Crippen LogP contribution in [-0.4, -0.2) is 31.4 Å². The highest BCUT2D eigenvalue weighted by Gasteiger charge is 2.20. The van der Waals surface area contributed by atoms with Crippen molar-refractivity contribution < 1.29 is 18.6 Å². The number of halogens is 1. The van der Waals surface area contributed by atoms with E-state index in [1.165, 1.54) is 12.1 Å². The Labute approximate surface area is 192 Å². The van der Waals surface area contributed by atoms with Gasteiger partial charge in [-0.05, 0) is 81.4 Å². The Bertz CT molecular complexity index is 1190. The van der Waals surface area contributed by atoms with Crippen LogP contribution in [0, 0.1) is 5.82 Å². The first kappa shape index (κ1) is 22.3. The molecule has 0 spiro atoms. The second-order valence-corrected chi connectivity index (χ2v) is 7.18. The molecule has 170 valence electrons. The van der Waals surface area contributed by atoms with E-state index in [4.69, 9.17) is 19.2 Å². The van der Waals surface area contributed by atoms with Crippen LogP contribution in [0.2, 0.25) is 0 Å². The first-order valence-corrected chi connectivity index (χ1v) is 11.0. The van der Waals surface area contributed by atoms with Gasteiger partial charge in [-0.2, -0.15) is 5.10 Å². The number of aliphatic imine (C=N–C) groups is 1. The van der Waals surface area contributed by atoms with Crippen molar-refractivity contribution in [1.82, 2.24) is 5.43 Å². The Kier molecular flexibility index (Phi) is 6.88. The molecule has 1 N–H and O–H groups in total. The van der Waals surface area contributed by atoms with E-state index in [-0.39, 0.29) is 5.82 Å². The summed E-state index contributed by atoms with van der Waals surface area (Å²) >= 11 is 0. The van der Waals surface area contributed by atoms with E-state index >= 15 is 0 Å². The fraction of sp³-hybridized carbons (Fsp3) is 0.231. The average molecular weight is 448 g/mol. The number of hydrogen-bond donors (Lipinski definition) is 1. The van der Waals surface area contributed by atoms with Gasteiger partial charge in [0.1, 0.15) is 17.3 Å². The number of rotatable bonds is 8. The maximum Gasteiger partial charge on any atom is 0.161 e. The second kappa shape index (κ2) is 10.2. The molecule has 0 radical (unpaired) electrons. The molecule has 1 heterocycles. The molecule has 0 saturated heterocycles. The zero-order valence-electron chi connectivity index (χ0n) is 18.9. The SMILES string of the molecule is CCOc1ccc2c(c1)C(c1ccc(OCC)c(OCC)c1)=NNC(c1ccc(F)cc1)=N2. The molecular formula is C26H26FN3O3. The highest BCUT2D eigenvalue weighted by atomic mass is 19.1. The summed E-state index contributed by atoms with van der Waals surface area (Å²) in [5, 5.41) is 4.68. The smallest absolute Gasteiger partial charge is 0.161 e. The largest absolute Gasteiger partial charge is 0.494 e. The van der Waals surface area contributed by atoms with Crippen LogP contribution in [0.15, 0.2) is 70.8 Å². The third-order valence-electron chi connectivity index (χ3n) is 4.97. The van der Waals surface area contributed by atoms with Crippen molar-refractivity contribution in [2.24, 2.45) is 10.1 Å². The van der Waals surface area contributed by atoms with Gasteiger partial charge in [0.2, 0.25) is 0 Å². The van der Waals surface area contributed by atoms with Crippen LogP contribution < -0.4 is 19.6 Å². The van der Waals surface area contributed by atoms with Crippen LogP contribution in [0.1, 0.15) is 37.5 Å². The van der Waals surface area contributed by atoms with Gasteiger partial charge in [-0.1, -0.05) is 0 Å². The van der Waals surface area contributed by atoms with Gasteiger partial charge >= 0.3 is 0 Å². The van der Waals surface area contributed by atoms with Gasteiger partial charge in [-0.15, -0.1) is 0 Å². The summed E-state index contributed by atoms with van der Waals surface area (Å²) in [6.45, 7) is 7.40. The fourth-order valence-electron chi connectivity index (χ4n) is 3.53. The lowest BCUT2D eigenvalue weighted by molar-refractivity contribution is 0.287. The molecule has 0 aliphatic carbocycles. The molecule has 0 bridgehead atoms. The van der Waals surface area contributed by atoms with Crippen molar-refractivity contribution >= 4 is 17.2 Å². The van der Waals surface area contributed by atoms with Gasteiger partial charge in [0.25, 0.3) is 0 Å². The van der Waals surface area contributed by atoms with E-state index in [1.807, 2.05) is 57.2 Å². The zero-order valence-corrected chi connectivity index (χ0v) is 18.9. The van der Waals surface area contributed by atoms with Crippen LogP contribution >= 0.6 is 0 Å². The van der Waals surface area contributed by atoms with Gasteiger partial charge < -0.3 is 14.2 Å². The zero-order chi connectivity index (χ0) is 23.2. The first-order chi connectivity index (χ1) is 16.1. The van der Waals surface area contributed by atoms with Crippen molar-refractivity contribution in [3.05, 3.63) is 83.2 Å². The molecule has 0 unspecified atom stereocenters. The van der Waals surface area contributed by atoms with Crippen LogP contribution in [0.25, 0.3) is 0 Å². The molecule has 0 fully saturated rings. The van der Waals surface area contributed by atoms with Crippen molar-refractivity contribution in [2.75, 3.05) is 19.8 Å². The Hall–Kier alpha value is -3.87. The van der Waals surface area contributed by atoms with Crippen molar-refractivity contribution in [3.8, 4) is 17.2 Å². The molecule has 6 nitrogen and oxygen atoms in total. The normalized spacial score (nSPS) is 12.6. The third-order valence-corrected chi connectivity index (χ3v) is 4.97. The maximum absolute atomic E-state index is 13.4. The molecule has 0 amide bonds. The lowest BCUT2D eigenvalue weighted by atomic mass is 10.00. The summed E-state index contributed by atoms with van der Waals surface area (Å²) in [4.78, 5) is 4.78. The van der Waals surface area contributed by atoms with Crippen LogP contribution in [-0.2, 0) is 0 Å². The lowest BCUT2D eigenvalue weighted by Gasteiger charge is -2.14. The molecule has 4 rings (SSSR count). The monoisotopic (exact) mass is 447 g/mol. The molecule has 33 heavy (non-hydrogen) atoms. The van der Waals surface area contributed by atoms with E-state index in [2.05, 4.69) is 10.5 Å². The lowest BCUT2D eigenvalue weighted by Crippen LogP contribution is -2.19. The molecular weight excluding hydrogens is 421 g/mol. The highest BCUT2D eigenvalue weighted by Crippen LogP contribution is 2.33. The molecule has 3 aromatic carbocycles. The van der Waals surface area contributed by atoms with Crippen molar-refractivity contribution in [2.45, 2.75) is 20.8 Å². The summed E-state index contributed by atoms with van der Waals surface area (Å²) in [6.07, 6.45) is 0. The highest BCUT2D eigenvalue weighted by molar-refractivity contribution is 6.18. The van der Waals surface area contributed by atoms with E-state index in [9.17, 15) is 4.39 Å². The summed E-state index contributed by atoms with van der Waals surface area (Å²) in [7, 11) is 0. The van der Waals surface area contributed by atoms with Crippen LogP contribution in [0.4, 0.5) is 10.1 Å². The Balaban J connectivity index is 1.83. The maximum atomic E-state index is 13.4. The van der Waals surface area contributed by atoms with Crippen molar-refractivity contribution in [3.63, 3.8) is 0 Å². The Morgan fingerprint density at radius 3 is 2.18 bits per heavy atom. The standard InChI is InChI=1S/C26H26FN3O3/c1-4-31-20-12-13-22-21(16-20)25(18-9-14-23(32-5-2)24(15-18)33-6-3)29-30-26(28-22)17-7-10-19(27)11-8-17/h7-16H,4-6H2,1-3H3,(H,28,30). The quantitative estimate of drug-likeness (QED) is 0.498. The molecule has 3 aromatic rings. The van der Waals surface area contributed by atoms with Gasteiger partial charge in [-0.3, -0.25) is 5.43 Å². The molecule has 0 aromatic heterocycles.